The Kier molecular flexibility index (Phi) is 6.54. The number of carbonyl (C=O) groups excluding carboxylic acids is 1. The lowest BCUT2D eigenvalue weighted by Gasteiger charge is -2.22. The van der Waals surface area contributed by atoms with Crippen molar-refractivity contribution in [3.8, 4) is 0 Å². The van der Waals surface area contributed by atoms with E-state index in [1.54, 1.807) is 6.07 Å². The number of anilines is 1. The van der Waals surface area contributed by atoms with E-state index < -0.39 is 0 Å². The van der Waals surface area contributed by atoms with Gasteiger partial charge in [-0.25, -0.2) is 0 Å². The van der Waals surface area contributed by atoms with Crippen molar-refractivity contribution in [2.24, 2.45) is 0 Å². The molecule has 0 heterocycles. The Labute approximate surface area is 126 Å². The van der Waals surface area contributed by atoms with Crippen molar-refractivity contribution in [1.29, 1.82) is 0 Å². The van der Waals surface area contributed by atoms with Crippen molar-refractivity contribution in [2.45, 2.75) is 51.0 Å². The van der Waals surface area contributed by atoms with E-state index >= 15 is 0 Å². The number of carbonyl (C=O) groups is 1. The summed E-state index contributed by atoms with van der Waals surface area (Å²) in [6.45, 7) is 0.255. The zero-order valence-corrected chi connectivity index (χ0v) is 12.6. The number of aliphatic hydroxyl groups excluding tert-OH is 1. The summed E-state index contributed by atoms with van der Waals surface area (Å²) >= 11 is 0. The summed E-state index contributed by atoms with van der Waals surface area (Å²) < 4.78 is 0. The molecule has 1 aromatic rings. The van der Waals surface area contributed by atoms with Crippen LogP contribution in [0.1, 0.15) is 55.3 Å². The third-order valence-electron chi connectivity index (χ3n) is 4.00. The average Bonchev–Trinajstić information content (AvgIpc) is 2.48. The molecule has 1 aromatic carbocycles. The van der Waals surface area contributed by atoms with Gasteiger partial charge in [0, 0.05) is 23.8 Å². The fourth-order valence-electron chi connectivity index (χ4n) is 2.86. The van der Waals surface area contributed by atoms with E-state index in [1.807, 2.05) is 18.2 Å². The fraction of sp³-hybridized carbons (Fsp3) is 0.588. The summed E-state index contributed by atoms with van der Waals surface area (Å²) in [5.74, 6) is -0.134. The van der Waals surface area contributed by atoms with Crippen LogP contribution in [0.15, 0.2) is 24.3 Å². The van der Waals surface area contributed by atoms with Crippen LogP contribution in [-0.4, -0.2) is 30.2 Å². The molecule has 4 nitrogen and oxygen atoms in total. The Balaban J connectivity index is 1.94. The van der Waals surface area contributed by atoms with Crippen LogP contribution in [-0.2, 0) is 0 Å². The molecule has 0 aliphatic heterocycles. The van der Waals surface area contributed by atoms with Gasteiger partial charge in [-0.05, 0) is 31.0 Å². The van der Waals surface area contributed by atoms with Crippen LogP contribution in [0, 0.1) is 0 Å². The molecule has 4 heteroatoms. The first kappa shape index (κ1) is 15.8. The predicted octanol–water partition coefficient (Wildman–Crippen LogP) is 2.93. The second kappa shape index (κ2) is 8.67. The van der Waals surface area contributed by atoms with Gasteiger partial charge in [-0.2, -0.15) is 0 Å². The molecule has 2 rings (SSSR count). The predicted molar refractivity (Wildman–Crippen MR) is 85.6 cm³/mol. The Hall–Kier alpha value is -1.55. The molecule has 21 heavy (non-hydrogen) atoms. The summed E-state index contributed by atoms with van der Waals surface area (Å²) in [4.78, 5) is 11.9. The summed E-state index contributed by atoms with van der Waals surface area (Å²) in [7, 11) is 0. The summed E-state index contributed by atoms with van der Waals surface area (Å²) in [6, 6.07) is 8.13. The van der Waals surface area contributed by atoms with Gasteiger partial charge in [-0.3, -0.25) is 4.79 Å². The molecule has 0 atom stereocenters. The van der Waals surface area contributed by atoms with Crippen molar-refractivity contribution in [1.82, 2.24) is 5.32 Å². The fourth-order valence-corrected chi connectivity index (χ4v) is 2.86. The van der Waals surface area contributed by atoms with E-state index in [1.165, 1.54) is 44.9 Å². The second-order valence-electron chi connectivity index (χ2n) is 5.75. The molecule has 0 saturated heterocycles. The summed E-state index contributed by atoms with van der Waals surface area (Å²) in [5, 5.41) is 15.0. The van der Waals surface area contributed by atoms with Crippen molar-refractivity contribution in [2.75, 3.05) is 18.5 Å². The average molecular weight is 290 g/mol. The van der Waals surface area contributed by atoms with E-state index in [4.69, 9.17) is 5.11 Å². The molecule has 1 aliphatic carbocycles. The first-order valence-electron chi connectivity index (χ1n) is 8.05. The molecule has 1 aliphatic rings. The molecule has 1 fully saturated rings. The Morgan fingerprint density at radius 2 is 1.86 bits per heavy atom. The van der Waals surface area contributed by atoms with Crippen molar-refractivity contribution >= 4 is 11.6 Å². The second-order valence-corrected chi connectivity index (χ2v) is 5.75. The molecule has 0 bridgehead atoms. The minimum atomic E-state index is -0.134. The highest BCUT2D eigenvalue weighted by molar-refractivity contribution is 5.95. The van der Waals surface area contributed by atoms with Gasteiger partial charge >= 0.3 is 0 Å². The van der Waals surface area contributed by atoms with E-state index in [-0.39, 0.29) is 12.5 Å². The number of amides is 1. The van der Waals surface area contributed by atoms with Gasteiger partial charge < -0.3 is 15.7 Å². The van der Waals surface area contributed by atoms with E-state index in [0.29, 0.717) is 18.2 Å². The minimum Gasteiger partial charge on any atom is -0.395 e. The largest absolute Gasteiger partial charge is 0.395 e. The molecule has 3 N–H and O–H groups in total. The first-order valence-corrected chi connectivity index (χ1v) is 8.05. The smallest absolute Gasteiger partial charge is 0.251 e. The molecule has 0 radical (unpaired) electrons. The van der Waals surface area contributed by atoms with Gasteiger partial charge in [0.1, 0.15) is 0 Å². The Morgan fingerprint density at radius 3 is 2.57 bits per heavy atom. The number of benzene rings is 1. The monoisotopic (exact) mass is 290 g/mol. The van der Waals surface area contributed by atoms with Crippen LogP contribution in [0.2, 0.25) is 0 Å². The molecule has 116 valence electrons. The molecule has 1 saturated carbocycles. The van der Waals surface area contributed by atoms with Gasteiger partial charge in [0.2, 0.25) is 0 Å². The minimum absolute atomic E-state index is 0.0360. The van der Waals surface area contributed by atoms with Crippen LogP contribution in [0.4, 0.5) is 5.69 Å². The molecule has 0 unspecified atom stereocenters. The summed E-state index contributed by atoms with van der Waals surface area (Å²) in [6.07, 6.45) is 9.03. The van der Waals surface area contributed by atoms with Gasteiger partial charge in [0.05, 0.1) is 6.61 Å². The lowest BCUT2D eigenvalue weighted by Crippen LogP contribution is -2.26. The van der Waals surface area contributed by atoms with Gasteiger partial charge in [-0.1, -0.05) is 38.2 Å². The quantitative estimate of drug-likeness (QED) is 0.781. The van der Waals surface area contributed by atoms with Crippen LogP contribution < -0.4 is 10.6 Å². The van der Waals surface area contributed by atoms with Crippen LogP contribution >= 0.6 is 0 Å². The molecular formula is C17H26N2O2. The molecule has 1 amide bonds. The third-order valence-corrected chi connectivity index (χ3v) is 4.00. The van der Waals surface area contributed by atoms with E-state index in [2.05, 4.69) is 10.6 Å². The highest BCUT2D eigenvalue weighted by atomic mass is 16.3. The number of aliphatic hydroxyl groups is 1. The number of nitrogens with one attached hydrogen (secondary N) is 2. The van der Waals surface area contributed by atoms with Crippen molar-refractivity contribution in [3.05, 3.63) is 29.8 Å². The van der Waals surface area contributed by atoms with Crippen molar-refractivity contribution in [3.63, 3.8) is 0 Å². The SMILES string of the molecule is O=C(NCCO)c1cccc(NC2CCCCCCC2)c1. The maximum Gasteiger partial charge on any atom is 0.251 e. The molecule has 0 aromatic heterocycles. The number of rotatable bonds is 5. The molecule has 0 spiro atoms. The zero-order valence-electron chi connectivity index (χ0n) is 12.6. The highest BCUT2D eigenvalue weighted by Crippen LogP contribution is 2.21. The normalized spacial score (nSPS) is 16.8. The van der Waals surface area contributed by atoms with Gasteiger partial charge in [0.25, 0.3) is 5.91 Å². The van der Waals surface area contributed by atoms with Gasteiger partial charge in [0.15, 0.2) is 0 Å². The first-order chi connectivity index (χ1) is 10.3. The lowest BCUT2D eigenvalue weighted by molar-refractivity contribution is 0.0945. The summed E-state index contributed by atoms with van der Waals surface area (Å²) in [5.41, 5.74) is 1.65. The zero-order chi connectivity index (χ0) is 14.9. The maximum atomic E-state index is 11.9. The Bertz CT molecular complexity index is 440. The third kappa shape index (κ3) is 5.38. The van der Waals surface area contributed by atoms with Crippen LogP contribution in [0.25, 0.3) is 0 Å². The van der Waals surface area contributed by atoms with E-state index in [0.717, 1.165) is 5.69 Å². The van der Waals surface area contributed by atoms with Crippen LogP contribution in [0.3, 0.4) is 0 Å². The lowest BCUT2D eigenvalue weighted by atomic mass is 9.96. The number of hydrogen-bond donors (Lipinski definition) is 3. The standard InChI is InChI=1S/C17H26N2O2/c20-12-11-18-17(21)14-7-6-10-16(13-14)19-15-8-4-2-1-3-5-9-15/h6-7,10,13,15,19-20H,1-5,8-9,11-12H2,(H,18,21). The topological polar surface area (TPSA) is 61.4 Å². The van der Waals surface area contributed by atoms with Gasteiger partial charge in [-0.15, -0.1) is 0 Å². The van der Waals surface area contributed by atoms with Crippen LogP contribution in [0.5, 0.6) is 0 Å². The maximum absolute atomic E-state index is 11.9. The molecular weight excluding hydrogens is 264 g/mol. The highest BCUT2D eigenvalue weighted by Gasteiger charge is 2.12. The number of hydrogen-bond acceptors (Lipinski definition) is 3. The Morgan fingerprint density at radius 1 is 1.14 bits per heavy atom. The van der Waals surface area contributed by atoms with Crippen molar-refractivity contribution < 1.29 is 9.90 Å². The van der Waals surface area contributed by atoms with E-state index in [9.17, 15) is 4.79 Å².